The van der Waals surface area contributed by atoms with Crippen LogP contribution in [0.3, 0.4) is 0 Å². The van der Waals surface area contributed by atoms with Crippen LogP contribution in [-0.4, -0.2) is 0 Å². The van der Waals surface area contributed by atoms with Crippen molar-refractivity contribution in [2.75, 3.05) is 0 Å². The zero-order valence-corrected chi connectivity index (χ0v) is 9.47. The van der Waals surface area contributed by atoms with E-state index in [1.165, 1.54) is 38.5 Å². The van der Waals surface area contributed by atoms with E-state index in [1.807, 2.05) is 0 Å². The molecule has 0 aromatic carbocycles. The number of rotatable bonds is 3. The van der Waals surface area contributed by atoms with Gasteiger partial charge >= 0.3 is 0 Å². The summed E-state index contributed by atoms with van der Waals surface area (Å²) in [4.78, 5) is 0. The van der Waals surface area contributed by atoms with Crippen LogP contribution in [0, 0.1) is 11.3 Å². The molecule has 1 atom stereocenters. The molecule has 1 rings (SSSR count). The minimum Gasteiger partial charge on any atom is -0.0880 e. The Kier molecular flexibility index (Phi) is 4.02. The molecule has 0 fully saturated rings. The lowest BCUT2D eigenvalue weighted by Gasteiger charge is -2.30. The zero-order valence-electron chi connectivity index (χ0n) is 9.47. The van der Waals surface area contributed by atoms with Gasteiger partial charge in [0, 0.05) is 0 Å². The van der Waals surface area contributed by atoms with Crippen molar-refractivity contribution in [3.8, 4) is 0 Å². The lowest BCUT2D eigenvalue weighted by molar-refractivity contribution is 0.256. The molecule has 1 aliphatic rings. The van der Waals surface area contributed by atoms with Crippen LogP contribution in [0.15, 0.2) is 12.2 Å². The van der Waals surface area contributed by atoms with Gasteiger partial charge in [-0.3, -0.25) is 0 Å². The highest BCUT2D eigenvalue weighted by molar-refractivity contribution is 5.02. The van der Waals surface area contributed by atoms with Gasteiger partial charge in [0.05, 0.1) is 0 Å². The molecule has 1 aliphatic carbocycles. The predicted octanol–water partition coefficient (Wildman–Crippen LogP) is 4.56. The van der Waals surface area contributed by atoms with Gasteiger partial charge in [0.25, 0.3) is 0 Å². The van der Waals surface area contributed by atoms with E-state index < -0.39 is 0 Å². The van der Waals surface area contributed by atoms with Gasteiger partial charge in [0.2, 0.25) is 0 Å². The second kappa shape index (κ2) is 4.83. The molecule has 0 N–H and O–H groups in total. The molecule has 0 amide bonds. The second-order valence-electron chi connectivity index (χ2n) is 4.53. The van der Waals surface area contributed by atoms with E-state index in [0.717, 1.165) is 5.92 Å². The van der Waals surface area contributed by atoms with Crippen LogP contribution >= 0.6 is 0 Å². The van der Waals surface area contributed by atoms with E-state index in [1.54, 1.807) is 0 Å². The number of hydrogen-bond donors (Lipinski definition) is 0. The van der Waals surface area contributed by atoms with Crippen LogP contribution in [0.25, 0.3) is 0 Å². The third kappa shape index (κ3) is 2.59. The Morgan fingerprint density at radius 3 is 2.46 bits per heavy atom. The Morgan fingerprint density at radius 1 is 1.23 bits per heavy atom. The van der Waals surface area contributed by atoms with Crippen LogP contribution in [0.5, 0.6) is 0 Å². The van der Waals surface area contributed by atoms with Crippen LogP contribution < -0.4 is 0 Å². The monoisotopic (exact) mass is 180 g/mol. The first kappa shape index (κ1) is 10.8. The van der Waals surface area contributed by atoms with Gasteiger partial charge in [0.15, 0.2) is 0 Å². The van der Waals surface area contributed by atoms with Crippen LogP contribution in [0.1, 0.15) is 59.3 Å². The van der Waals surface area contributed by atoms with Crippen molar-refractivity contribution in [3.63, 3.8) is 0 Å². The summed E-state index contributed by atoms with van der Waals surface area (Å²) >= 11 is 0. The van der Waals surface area contributed by atoms with Crippen molar-refractivity contribution < 1.29 is 0 Å². The fourth-order valence-electron chi connectivity index (χ4n) is 2.53. The quantitative estimate of drug-likeness (QED) is 0.558. The molecule has 0 heterocycles. The molecule has 13 heavy (non-hydrogen) atoms. The van der Waals surface area contributed by atoms with Crippen molar-refractivity contribution in [1.29, 1.82) is 0 Å². The van der Waals surface area contributed by atoms with Crippen LogP contribution in [-0.2, 0) is 0 Å². The smallest absolute Gasteiger partial charge is 0.0121 e. The van der Waals surface area contributed by atoms with Crippen molar-refractivity contribution in [1.82, 2.24) is 0 Å². The number of hydrogen-bond acceptors (Lipinski definition) is 0. The minimum absolute atomic E-state index is 0.539. The van der Waals surface area contributed by atoms with E-state index in [9.17, 15) is 0 Å². The molecule has 0 saturated carbocycles. The molecular formula is C13H24. The molecule has 0 aromatic rings. The average Bonchev–Trinajstić information content (AvgIpc) is 2.40. The molecule has 76 valence electrons. The summed E-state index contributed by atoms with van der Waals surface area (Å²) in [5.74, 6) is 0.967. The highest BCUT2D eigenvalue weighted by Crippen LogP contribution is 2.40. The molecule has 0 aromatic heterocycles. The lowest BCUT2D eigenvalue weighted by Crippen LogP contribution is -2.19. The van der Waals surface area contributed by atoms with Gasteiger partial charge < -0.3 is 0 Å². The third-order valence-electron chi connectivity index (χ3n) is 3.89. The van der Waals surface area contributed by atoms with Gasteiger partial charge in [-0.2, -0.15) is 0 Å². The summed E-state index contributed by atoms with van der Waals surface area (Å²) in [5, 5.41) is 0. The van der Waals surface area contributed by atoms with Crippen molar-refractivity contribution >= 4 is 0 Å². The standard InChI is InChI=1S/C13H24/c1-4-12-9-7-8-10-13(5-2,6-3)11-12/h8,10,12H,4-7,9,11H2,1-3H3. The fraction of sp³-hybridized carbons (Fsp3) is 0.846. The summed E-state index contributed by atoms with van der Waals surface area (Å²) in [5.41, 5.74) is 0.539. The Bertz CT molecular complexity index is 163. The molecule has 0 spiro atoms. The molecule has 0 nitrogen and oxygen atoms in total. The predicted molar refractivity (Wildman–Crippen MR) is 59.8 cm³/mol. The van der Waals surface area contributed by atoms with Gasteiger partial charge in [-0.05, 0) is 43.4 Å². The molecule has 0 bridgehead atoms. The topological polar surface area (TPSA) is 0 Å². The Balaban J connectivity index is 2.69. The minimum atomic E-state index is 0.539. The van der Waals surface area contributed by atoms with Gasteiger partial charge in [0.1, 0.15) is 0 Å². The lowest BCUT2D eigenvalue weighted by atomic mass is 9.75. The van der Waals surface area contributed by atoms with E-state index in [2.05, 4.69) is 32.9 Å². The van der Waals surface area contributed by atoms with Gasteiger partial charge in [-0.1, -0.05) is 39.3 Å². The van der Waals surface area contributed by atoms with Crippen molar-refractivity contribution in [2.24, 2.45) is 11.3 Å². The number of allylic oxidation sites excluding steroid dienone is 2. The zero-order chi connectivity index (χ0) is 9.73. The summed E-state index contributed by atoms with van der Waals surface area (Å²) < 4.78 is 0. The average molecular weight is 180 g/mol. The van der Waals surface area contributed by atoms with Gasteiger partial charge in [-0.15, -0.1) is 0 Å². The van der Waals surface area contributed by atoms with E-state index >= 15 is 0 Å². The highest BCUT2D eigenvalue weighted by Gasteiger charge is 2.27. The Morgan fingerprint density at radius 2 is 1.92 bits per heavy atom. The van der Waals surface area contributed by atoms with Crippen molar-refractivity contribution in [2.45, 2.75) is 59.3 Å². The summed E-state index contributed by atoms with van der Waals surface area (Å²) in [6.45, 7) is 7.02. The maximum atomic E-state index is 2.50. The van der Waals surface area contributed by atoms with Gasteiger partial charge in [-0.25, -0.2) is 0 Å². The Hall–Kier alpha value is -0.260. The van der Waals surface area contributed by atoms with Crippen molar-refractivity contribution in [3.05, 3.63) is 12.2 Å². The molecule has 0 aliphatic heterocycles. The maximum absolute atomic E-state index is 2.50. The van der Waals surface area contributed by atoms with Crippen LogP contribution in [0.2, 0.25) is 0 Å². The molecule has 0 heteroatoms. The normalized spacial score (nSPS) is 27.2. The first-order valence-electron chi connectivity index (χ1n) is 5.94. The summed E-state index contributed by atoms with van der Waals surface area (Å²) in [7, 11) is 0. The highest BCUT2D eigenvalue weighted by atomic mass is 14.3. The first-order chi connectivity index (χ1) is 6.26. The maximum Gasteiger partial charge on any atom is -0.0121 e. The second-order valence-corrected chi connectivity index (χ2v) is 4.53. The summed E-state index contributed by atoms with van der Waals surface area (Å²) in [6.07, 6.45) is 13.1. The SMILES string of the molecule is CCC1CCC=CC(CC)(CC)C1. The first-order valence-corrected chi connectivity index (χ1v) is 5.94. The molecule has 0 saturated heterocycles. The third-order valence-corrected chi connectivity index (χ3v) is 3.89. The van der Waals surface area contributed by atoms with E-state index in [4.69, 9.17) is 0 Å². The fourth-order valence-corrected chi connectivity index (χ4v) is 2.53. The van der Waals surface area contributed by atoms with Crippen LogP contribution in [0.4, 0.5) is 0 Å². The van der Waals surface area contributed by atoms with E-state index in [0.29, 0.717) is 5.41 Å². The molecule has 1 unspecified atom stereocenters. The van der Waals surface area contributed by atoms with E-state index in [-0.39, 0.29) is 0 Å². The summed E-state index contributed by atoms with van der Waals surface area (Å²) in [6, 6.07) is 0. The molecular weight excluding hydrogens is 156 g/mol. The largest absolute Gasteiger partial charge is 0.0880 e. The molecule has 0 radical (unpaired) electrons. The Labute approximate surface area is 83.4 Å².